The van der Waals surface area contributed by atoms with E-state index in [1.807, 2.05) is 0 Å². The van der Waals surface area contributed by atoms with E-state index in [4.69, 9.17) is 32.7 Å². The minimum absolute atomic E-state index is 0.0605. The van der Waals surface area contributed by atoms with Gasteiger partial charge in [0.25, 0.3) is 5.91 Å². The monoisotopic (exact) mass is 498 g/mol. The summed E-state index contributed by atoms with van der Waals surface area (Å²) in [6.45, 7) is 0.0605. The van der Waals surface area contributed by atoms with E-state index in [1.165, 1.54) is 24.3 Å². The predicted molar refractivity (Wildman–Crippen MR) is 115 cm³/mol. The summed E-state index contributed by atoms with van der Waals surface area (Å²) in [5.41, 5.74) is 0.666. The van der Waals surface area contributed by atoms with Gasteiger partial charge in [-0.05, 0) is 35.9 Å². The quantitative estimate of drug-likeness (QED) is 0.474. The molecule has 0 bridgehead atoms. The van der Waals surface area contributed by atoms with Crippen LogP contribution in [0.15, 0.2) is 42.5 Å². The zero-order valence-corrected chi connectivity index (χ0v) is 18.1. The van der Waals surface area contributed by atoms with Crippen LogP contribution in [-0.2, 0) is 0 Å². The highest BCUT2D eigenvalue weighted by molar-refractivity contribution is 6.36. The van der Waals surface area contributed by atoms with Crippen LogP contribution in [0.1, 0.15) is 34.6 Å². The first-order valence-corrected chi connectivity index (χ1v) is 10.5. The van der Waals surface area contributed by atoms with Crippen LogP contribution in [-0.4, -0.2) is 28.7 Å². The van der Waals surface area contributed by atoms with E-state index < -0.39 is 24.2 Å². The van der Waals surface area contributed by atoms with E-state index >= 15 is 0 Å². The topological polar surface area (TPSA) is 77.4 Å². The number of amides is 1. The second-order valence-corrected chi connectivity index (χ2v) is 8.38. The molecule has 2 aromatic carbocycles. The highest BCUT2D eigenvalue weighted by Crippen LogP contribution is 2.45. The maximum atomic E-state index is 13.9. The molecule has 0 radical (unpaired) electrons. The summed E-state index contributed by atoms with van der Waals surface area (Å²) in [7, 11) is 0. The smallest absolute Gasteiger partial charge is 0.410 e. The molecule has 0 unspecified atom stereocenters. The predicted octanol–water partition coefficient (Wildman–Crippen LogP) is 5.83. The van der Waals surface area contributed by atoms with Gasteiger partial charge in [0.2, 0.25) is 6.79 Å². The van der Waals surface area contributed by atoms with Crippen LogP contribution in [0.5, 0.6) is 11.5 Å². The van der Waals surface area contributed by atoms with Crippen LogP contribution >= 0.6 is 23.2 Å². The number of ether oxygens (including phenoxy) is 2. The Kier molecular flexibility index (Phi) is 5.29. The largest absolute Gasteiger partial charge is 0.454 e. The lowest BCUT2D eigenvalue weighted by atomic mass is 9.96. The molecular formula is C21H15Cl2F3N4O3. The van der Waals surface area contributed by atoms with Crippen molar-refractivity contribution in [2.45, 2.75) is 24.7 Å². The molecule has 7 nitrogen and oxygen atoms in total. The third-order valence-electron chi connectivity index (χ3n) is 5.40. The minimum atomic E-state index is -4.58. The van der Waals surface area contributed by atoms with Crippen LogP contribution in [0.2, 0.25) is 10.0 Å². The lowest BCUT2D eigenvalue weighted by molar-refractivity contribution is -0.173. The number of halogens is 5. The van der Waals surface area contributed by atoms with Crippen molar-refractivity contribution in [1.82, 2.24) is 9.78 Å². The molecule has 2 aliphatic heterocycles. The van der Waals surface area contributed by atoms with Crippen molar-refractivity contribution in [1.29, 1.82) is 0 Å². The molecule has 2 aliphatic rings. The lowest BCUT2D eigenvalue weighted by Crippen LogP contribution is -2.35. The molecular weight excluding hydrogens is 484 g/mol. The molecule has 1 amide bonds. The van der Waals surface area contributed by atoms with Crippen LogP contribution in [0, 0.1) is 0 Å². The summed E-state index contributed by atoms with van der Waals surface area (Å²) in [5.74, 6) is 0.366. The molecule has 1 aromatic heterocycles. The molecule has 12 heteroatoms. The number of rotatable bonds is 3. The van der Waals surface area contributed by atoms with Gasteiger partial charge in [0.1, 0.15) is 5.82 Å². The number of hydrogen-bond acceptors (Lipinski definition) is 5. The molecule has 5 rings (SSSR count). The van der Waals surface area contributed by atoms with E-state index in [9.17, 15) is 18.0 Å². The van der Waals surface area contributed by atoms with E-state index in [-0.39, 0.29) is 35.4 Å². The third kappa shape index (κ3) is 4.16. The van der Waals surface area contributed by atoms with Crippen LogP contribution in [0.4, 0.5) is 24.7 Å². The summed E-state index contributed by atoms with van der Waals surface area (Å²) in [6.07, 6.45) is -4.90. The summed E-state index contributed by atoms with van der Waals surface area (Å²) in [4.78, 5) is 12.7. The van der Waals surface area contributed by atoms with E-state index in [0.717, 1.165) is 4.68 Å². The molecule has 0 saturated heterocycles. The fourth-order valence-corrected chi connectivity index (χ4v) is 4.27. The van der Waals surface area contributed by atoms with Gasteiger partial charge >= 0.3 is 6.18 Å². The first kappa shape index (κ1) is 21.7. The Morgan fingerprint density at radius 1 is 1.12 bits per heavy atom. The average molecular weight is 499 g/mol. The molecule has 0 spiro atoms. The molecule has 2 atom stereocenters. The van der Waals surface area contributed by atoms with E-state index in [2.05, 4.69) is 15.7 Å². The molecule has 2 N–H and O–H groups in total. The Labute approximate surface area is 195 Å². The van der Waals surface area contributed by atoms with Crippen molar-refractivity contribution in [2.75, 3.05) is 17.4 Å². The number of alkyl halides is 3. The number of aromatic nitrogens is 2. The summed E-state index contributed by atoms with van der Waals surface area (Å²) in [5, 5.41) is 10.1. The zero-order valence-electron chi connectivity index (χ0n) is 16.6. The molecule has 3 heterocycles. The van der Waals surface area contributed by atoms with Crippen molar-refractivity contribution in [2.24, 2.45) is 0 Å². The van der Waals surface area contributed by atoms with Gasteiger partial charge in [0, 0.05) is 17.5 Å². The van der Waals surface area contributed by atoms with E-state index in [0.29, 0.717) is 22.1 Å². The molecule has 0 fully saturated rings. The molecule has 0 aliphatic carbocycles. The Balaban J connectivity index is 1.45. The normalized spacial score (nSPS) is 19.1. The first-order valence-electron chi connectivity index (χ1n) is 9.78. The second-order valence-electron chi connectivity index (χ2n) is 7.54. The number of carbonyl (C=O) groups excluding carboxylic acids is 1. The molecule has 0 saturated carbocycles. The molecule has 3 aromatic rings. The summed E-state index contributed by atoms with van der Waals surface area (Å²) >= 11 is 11.9. The highest BCUT2D eigenvalue weighted by atomic mass is 35.5. The van der Waals surface area contributed by atoms with Gasteiger partial charge in [-0.25, -0.2) is 4.68 Å². The number of benzene rings is 2. The SMILES string of the molecule is O=C(Nc1ccc(Cl)cc1Cl)c1cc2n(n1)[C@H](C(F)(F)F)C[C@H](c1ccc3c(c1)OCO3)N2. The Hall–Kier alpha value is -3.11. The number of nitrogens with one attached hydrogen (secondary N) is 2. The van der Waals surface area contributed by atoms with Gasteiger partial charge in [0.15, 0.2) is 23.2 Å². The van der Waals surface area contributed by atoms with Crippen molar-refractivity contribution < 1.29 is 27.4 Å². The second kappa shape index (κ2) is 8.03. The fourth-order valence-electron chi connectivity index (χ4n) is 3.81. The molecule has 172 valence electrons. The van der Waals surface area contributed by atoms with Gasteiger partial charge in [0.05, 0.1) is 16.8 Å². The lowest BCUT2D eigenvalue weighted by Gasteiger charge is -2.33. The maximum Gasteiger partial charge on any atom is 0.410 e. The standard InChI is InChI=1S/C21H15Cl2F3N4O3/c22-11-2-3-13(12(23)6-11)28-20(31)15-8-19-27-14(7-18(21(24,25)26)30(19)29-15)10-1-4-16-17(5-10)33-9-32-16/h1-6,8,14,18,27H,7,9H2,(H,28,31)/t14-,18+/m1/s1. The number of anilines is 2. The van der Waals surface area contributed by atoms with E-state index in [1.54, 1.807) is 18.2 Å². The third-order valence-corrected chi connectivity index (χ3v) is 5.95. The van der Waals surface area contributed by atoms with Crippen LogP contribution in [0.3, 0.4) is 0 Å². The number of hydrogen-bond donors (Lipinski definition) is 2. The fraction of sp³-hybridized carbons (Fsp3) is 0.238. The molecule has 33 heavy (non-hydrogen) atoms. The maximum absolute atomic E-state index is 13.9. The Morgan fingerprint density at radius 3 is 2.67 bits per heavy atom. The Bertz CT molecular complexity index is 1250. The van der Waals surface area contributed by atoms with Gasteiger partial charge in [-0.3, -0.25) is 4.79 Å². The van der Waals surface area contributed by atoms with Gasteiger partial charge in [-0.1, -0.05) is 29.3 Å². The van der Waals surface area contributed by atoms with Crippen molar-refractivity contribution in [3.05, 3.63) is 63.8 Å². The van der Waals surface area contributed by atoms with Crippen molar-refractivity contribution >= 4 is 40.6 Å². The van der Waals surface area contributed by atoms with Crippen molar-refractivity contribution in [3.8, 4) is 11.5 Å². The number of nitrogens with zero attached hydrogens (tertiary/aromatic N) is 2. The van der Waals surface area contributed by atoms with Gasteiger partial charge < -0.3 is 20.1 Å². The van der Waals surface area contributed by atoms with Crippen LogP contribution < -0.4 is 20.1 Å². The summed E-state index contributed by atoms with van der Waals surface area (Å²) in [6, 6.07) is 8.11. The highest BCUT2D eigenvalue weighted by Gasteiger charge is 2.47. The number of fused-ring (bicyclic) bond motifs is 2. The van der Waals surface area contributed by atoms with Gasteiger partial charge in [-0.15, -0.1) is 0 Å². The zero-order chi connectivity index (χ0) is 23.3. The van der Waals surface area contributed by atoms with Crippen molar-refractivity contribution in [3.63, 3.8) is 0 Å². The van der Waals surface area contributed by atoms with Crippen LogP contribution in [0.25, 0.3) is 0 Å². The number of carbonyl (C=O) groups is 1. The Morgan fingerprint density at radius 2 is 1.91 bits per heavy atom. The first-order chi connectivity index (χ1) is 15.7. The van der Waals surface area contributed by atoms with Gasteiger partial charge in [-0.2, -0.15) is 18.3 Å². The minimum Gasteiger partial charge on any atom is -0.454 e. The summed E-state index contributed by atoms with van der Waals surface area (Å²) < 4.78 is 53.1. The average Bonchev–Trinajstić information content (AvgIpc) is 3.40.